The van der Waals surface area contributed by atoms with Gasteiger partial charge in [-0.05, 0) is 23.3 Å². The van der Waals surface area contributed by atoms with E-state index in [-0.39, 0.29) is 0 Å². The van der Waals surface area contributed by atoms with Gasteiger partial charge in [-0.2, -0.15) is 16.7 Å². The molecule has 1 aromatic heterocycles. The van der Waals surface area contributed by atoms with Crippen LogP contribution in [0.1, 0.15) is 31.1 Å². The van der Waals surface area contributed by atoms with Crippen molar-refractivity contribution in [3.05, 3.63) is 41.5 Å². The molecule has 0 aliphatic rings. The van der Waals surface area contributed by atoms with Gasteiger partial charge in [0.15, 0.2) is 5.82 Å². The summed E-state index contributed by atoms with van der Waals surface area (Å²) in [4.78, 5) is 4.39. The summed E-state index contributed by atoms with van der Waals surface area (Å²) in [5, 5.41) is 3.99. The molecule has 0 radical (unpaired) electrons. The molecule has 0 amide bonds. The van der Waals surface area contributed by atoms with Crippen molar-refractivity contribution < 1.29 is 4.52 Å². The van der Waals surface area contributed by atoms with Gasteiger partial charge in [0.25, 0.3) is 0 Å². The Balaban J connectivity index is 1.92. The zero-order valence-corrected chi connectivity index (χ0v) is 12.1. The van der Waals surface area contributed by atoms with E-state index in [1.165, 1.54) is 0 Å². The largest absolute Gasteiger partial charge is 0.398 e. The molecule has 1 aromatic carbocycles. The van der Waals surface area contributed by atoms with Crippen molar-refractivity contribution in [2.24, 2.45) is 5.92 Å². The maximum atomic E-state index is 5.89. The monoisotopic (exact) mass is 277 g/mol. The summed E-state index contributed by atoms with van der Waals surface area (Å²) in [5.74, 6) is 3.97. The molecule has 0 saturated heterocycles. The highest BCUT2D eigenvalue weighted by atomic mass is 32.2. The van der Waals surface area contributed by atoms with Crippen LogP contribution in [0.25, 0.3) is 0 Å². The zero-order chi connectivity index (χ0) is 13.7. The van der Waals surface area contributed by atoms with Crippen LogP contribution in [0.15, 0.2) is 28.8 Å². The van der Waals surface area contributed by atoms with Crippen LogP contribution in [0.2, 0.25) is 0 Å². The average Bonchev–Trinajstić information content (AvgIpc) is 2.79. The fraction of sp³-hybridized carbons (Fsp3) is 0.429. The molecule has 0 unspecified atom stereocenters. The van der Waals surface area contributed by atoms with Gasteiger partial charge in [0.1, 0.15) is 0 Å². The highest BCUT2D eigenvalue weighted by molar-refractivity contribution is 7.98. The van der Waals surface area contributed by atoms with Crippen LogP contribution in [0.4, 0.5) is 5.69 Å². The predicted molar refractivity (Wildman–Crippen MR) is 79.0 cm³/mol. The van der Waals surface area contributed by atoms with Gasteiger partial charge in [0.05, 0.1) is 12.2 Å². The Hall–Kier alpha value is -1.49. The quantitative estimate of drug-likeness (QED) is 0.822. The summed E-state index contributed by atoms with van der Waals surface area (Å²) >= 11 is 1.83. The number of anilines is 1. The summed E-state index contributed by atoms with van der Waals surface area (Å²) in [6.45, 7) is 4.40. The molecule has 0 atom stereocenters. The van der Waals surface area contributed by atoms with E-state index in [0.717, 1.165) is 28.6 Å². The third kappa shape index (κ3) is 4.28. The second kappa shape index (κ2) is 6.61. The molecule has 0 aliphatic carbocycles. The van der Waals surface area contributed by atoms with E-state index in [4.69, 9.17) is 10.3 Å². The maximum Gasteiger partial charge on any atom is 0.231 e. The smallest absolute Gasteiger partial charge is 0.231 e. The minimum absolute atomic E-state index is 0.592. The normalized spacial score (nSPS) is 11.1. The molecule has 102 valence electrons. The zero-order valence-electron chi connectivity index (χ0n) is 11.3. The number of thioether (sulfide) groups is 1. The number of aromatic nitrogens is 2. The summed E-state index contributed by atoms with van der Waals surface area (Å²) in [6.07, 6.45) is 0.592. The van der Waals surface area contributed by atoms with Gasteiger partial charge in [-0.1, -0.05) is 37.2 Å². The molecule has 19 heavy (non-hydrogen) atoms. The van der Waals surface area contributed by atoms with Gasteiger partial charge in [-0.15, -0.1) is 0 Å². The standard InChI is InChI=1S/C14H19N3OS/c1-10(2)8-19-9-13-16-14(18-17-13)7-11-5-3-4-6-12(11)15/h3-6,10H,7-9,15H2,1-2H3. The number of nitrogens with two attached hydrogens (primary N) is 1. The van der Waals surface area contributed by atoms with Crippen LogP contribution < -0.4 is 5.73 Å². The second-order valence-corrected chi connectivity index (χ2v) is 5.92. The number of rotatable bonds is 6. The van der Waals surface area contributed by atoms with Crippen LogP contribution in [-0.2, 0) is 12.2 Å². The molecule has 2 N–H and O–H groups in total. The van der Waals surface area contributed by atoms with Gasteiger partial charge in [-0.25, -0.2) is 0 Å². The molecule has 2 aromatic rings. The van der Waals surface area contributed by atoms with Crippen molar-refractivity contribution in [2.75, 3.05) is 11.5 Å². The van der Waals surface area contributed by atoms with E-state index in [2.05, 4.69) is 24.0 Å². The van der Waals surface area contributed by atoms with Crippen molar-refractivity contribution in [2.45, 2.75) is 26.0 Å². The lowest BCUT2D eigenvalue weighted by Gasteiger charge is -2.01. The number of hydrogen-bond acceptors (Lipinski definition) is 5. The molecular weight excluding hydrogens is 258 g/mol. The Labute approximate surface area is 117 Å². The summed E-state index contributed by atoms with van der Waals surface area (Å²) < 4.78 is 5.25. The van der Waals surface area contributed by atoms with Gasteiger partial charge >= 0.3 is 0 Å². The van der Waals surface area contributed by atoms with Crippen LogP contribution in [-0.4, -0.2) is 15.9 Å². The van der Waals surface area contributed by atoms with Crippen LogP contribution in [0.3, 0.4) is 0 Å². The highest BCUT2D eigenvalue weighted by Crippen LogP contribution is 2.17. The molecule has 0 aliphatic heterocycles. The van der Waals surface area contributed by atoms with Gasteiger partial charge in [0, 0.05) is 5.69 Å². The van der Waals surface area contributed by atoms with Crippen molar-refractivity contribution in [3.63, 3.8) is 0 Å². The van der Waals surface area contributed by atoms with Gasteiger partial charge < -0.3 is 10.3 Å². The molecule has 2 rings (SSSR count). The van der Waals surface area contributed by atoms with Gasteiger partial charge in [0.2, 0.25) is 5.89 Å². The van der Waals surface area contributed by atoms with Crippen molar-refractivity contribution in [1.29, 1.82) is 0 Å². The highest BCUT2D eigenvalue weighted by Gasteiger charge is 2.09. The van der Waals surface area contributed by atoms with Crippen LogP contribution >= 0.6 is 11.8 Å². The summed E-state index contributed by atoms with van der Waals surface area (Å²) in [7, 11) is 0. The Morgan fingerprint density at radius 2 is 2.11 bits per heavy atom. The first-order chi connectivity index (χ1) is 9.15. The van der Waals surface area contributed by atoms with Crippen molar-refractivity contribution in [1.82, 2.24) is 10.1 Å². The van der Waals surface area contributed by atoms with Crippen LogP contribution in [0, 0.1) is 5.92 Å². The van der Waals surface area contributed by atoms with Crippen LogP contribution in [0.5, 0.6) is 0 Å². The predicted octanol–water partition coefficient (Wildman–Crippen LogP) is 3.13. The van der Waals surface area contributed by atoms with Crippen molar-refractivity contribution >= 4 is 17.4 Å². The minimum Gasteiger partial charge on any atom is -0.398 e. The molecule has 5 heteroatoms. The third-order valence-corrected chi connectivity index (χ3v) is 3.95. The second-order valence-electron chi connectivity index (χ2n) is 4.89. The topological polar surface area (TPSA) is 64.9 Å². The first kappa shape index (κ1) is 13.9. The number of hydrogen-bond donors (Lipinski definition) is 1. The first-order valence-corrected chi connectivity index (χ1v) is 7.53. The maximum absolute atomic E-state index is 5.89. The number of benzene rings is 1. The molecule has 0 spiro atoms. The molecule has 1 heterocycles. The lowest BCUT2D eigenvalue weighted by atomic mass is 10.1. The Morgan fingerprint density at radius 3 is 2.84 bits per heavy atom. The number of nitrogens with zero attached hydrogens (tertiary/aromatic N) is 2. The first-order valence-electron chi connectivity index (χ1n) is 6.37. The molecular formula is C14H19N3OS. The molecule has 0 bridgehead atoms. The number of para-hydroxylation sites is 1. The molecule has 0 saturated carbocycles. The Kier molecular flexibility index (Phi) is 4.85. The fourth-order valence-corrected chi connectivity index (χ4v) is 2.55. The summed E-state index contributed by atoms with van der Waals surface area (Å²) in [5.41, 5.74) is 7.68. The lowest BCUT2D eigenvalue weighted by Crippen LogP contribution is -1.96. The third-order valence-electron chi connectivity index (χ3n) is 2.59. The van der Waals surface area contributed by atoms with E-state index in [0.29, 0.717) is 18.2 Å². The average molecular weight is 277 g/mol. The van der Waals surface area contributed by atoms with E-state index in [1.54, 1.807) is 0 Å². The molecule has 0 fully saturated rings. The van der Waals surface area contributed by atoms with E-state index >= 15 is 0 Å². The van der Waals surface area contributed by atoms with Gasteiger partial charge in [-0.3, -0.25) is 0 Å². The minimum atomic E-state index is 0.592. The van der Waals surface area contributed by atoms with E-state index in [9.17, 15) is 0 Å². The lowest BCUT2D eigenvalue weighted by molar-refractivity contribution is 0.381. The fourth-order valence-electron chi connectivity index (χ4n) is 1.66. The van der Waals surface area contributed by atoms with E-state index in [1.807, 2.05) is 36.0 Å². The SMILES string of the molecule is CC(C)CSCc1noc(Cc2ccccc2N)n1. The number of nitrogen functional groups attached to an aromatic ring is 1. The summed E-state index contributed by atoms with van der Waals surface area (Å²) in [6, 6.07) is 7.74. The van der Waals surface area contributed by atoms with E-state index < -0.39 is 0 Å². The Bertz CT molecular complexity index is 525. The molecule has 4 nitrogen and oxygen atoms in total. The van der Waals surface area contributed by atoms with Crippen molar-refractivity contribution in [3.8, 4) is 0 Å². The Morgan fingerprint density at radius 1 is 1.32 bits per heavy atom.